The molecule has 0 amide bonds. The summed E-state index contributed by atoms with van der Waals surface area (Å²) >= 11 is 7.85. The molecular formula is C12H13ClO2S. The van der Waals surface area contributed by atoms with Gasteiger partial charge in [-0.05, 0) is 30.5 Å². The van der Waals surface area contributed by atoms with Crippen LogP contribution in [0, 0.1) is 5.92 Å². The van der Waals surface area contributed by atoms with Crippen molar-refractivity contribution in [1.82, 2.24) is 0 Å². The summed E-state index contributed by atoms with van der Waals surface area (Å²) in [5, 5.41) is 10.0. The summed E-state index contributed by atoms with van der Waals surface area (Å²) in [6.45, 7) is 1.76. The normalized spacial score (nSPS) is 20.5. The SMILES string of the molecule is CC(CC1Cc2c(Cl)cccc2S1)C(=O)O. The third-order valence-corrected chi connectivity index (χ3v) is 4.52. The fraction of sp³-hybridized carbons (Fsp3) is 0.417. The minimum atomic E-state index is -0.720. The molecular weight excluding hydrogens is 244 g/mol. The van der Waals surface area contributed by atoms with E-state index in [0.717, 1.165) is 11.4 Å². The van der Waals surface area contributed by atoms with E-state index in [2.05, 4.69) is 6.07 Å². The second-order valence-electron chi connectivity index (χ2n) is 4.14. The maximum Gasteiger partial charge on any atom is 0.306 e. The first-order valence-corrected chi connectivity index (χ1v) is 6.50. The van der Waals surface area contributed by atoms with E-state index in [-0.39, 0.29) is 5.92 Å². The molecule has 0 fully saturated rings. The van der Waals surface area contributed by atoms with Crippen LogP contribution in [0.3, 0.4) is 0 Å². The topological polar surface area (TPSA) is 37.3 Å². The molecule has 2 nitrogen and oxygen atoms in total. The molecule has 0 bridgehead atoms. The fourth-order valence-corrected chi connectivity index (χ4v) is 3.72. The standard InChI is InChI=1S/C12H13ClO2S/c1-7(12(14)15)5-8-6-9-10(13)3-2-4-11(9)16-8/h2-4,7-8H,5-6H2,1H3,(H,14,15). The first kappa shape index (κ1) is 11.8. The molecule has 1 aliphatic heterocycles. The highest BCUT2D eigenvalue weighted by Crippen LogP contribution is 2.42. The number of fused-ring (bicyclic) bond motifs is 1. The van der Waals surface area contributed by atoms with Crippen molar-refractivity contribution in [3.05, 3.63) is 28.8 Å². The summed E-state index contributed by atoms with van der Waals surface area (Å²) in [5.41, 5.74) is 1.18. The fourth-order valence-electron chi connectivity index (χ4n) is 1.92. The lowest BCUT2D eigenvalue weighted by Gasteiger charge is -2.11. The Labute approximate surface area is 104 Å². The Morgan fingerprint density at radius 2 is 2.44 bits per heavy atom. The summed E-state index contributed by atoms with van der Waals surface area (Å²) in [4.78, 5) is 12.0. The van der Waals surface area contributed by atoms with Crippen LogP contribution in [-0.4, -0.2) is 16.3 Å². The number of rotatable bonds is 3. The number of benzene rings is 1. The monoisotopic (exact) mass is 256 g/mol. The highest BCUT2D eigenvalue weighted by Gasteiger charge is 2.27. The largest absolute Gasteiger partial charge is 0.481 e. The van der Waals surface area contributed by atoms with Crippen molar-refractivity contribution in [2.45, 2.75) is 29.9 Å². The Morgan fingerprint density at radius 3 is 3.06 bits per heavy atom. The van der Waals surface area contributed by atoms with E-state index in [1.807, 2.05) is 12.1 Å². The number of carboxylic acids is 1. The van der Waals surface area contributed by atoms with Crippen molar-refractivity contribution in [3.8, 4) is 0 Å². The molecule has 0 aliphatic carbocycles. The minimum absolute atomic E-state index is 0.286. The molecule has 0 saturated heterocycles. The van der Waals surface area contributed by atoms with Crippen LogP contribution in [-0.2, 0) is 11.2 Å². The van der Waals surface area contributed by atoms with Gasteiger partial charge in [0.15, 0.2) is 0 Å². The van der Waals surface area contributed by atoms with Gasteiger partial charge in [-0.3, -0.25) is 4.79 Å². The van der Waals surface area contributed by atoms with Gasteiger partial charge < -0.3 is 5.11 Å². The zero-order valence-corrected chi connectivity index (χ0v) is 10.5. The van der Waals surface area contributed by atoms with Crippen molar-refractivity contribution in [3.63, 3.8) is 0 Å². The van der Waals surface area contributed by atoms with Crippen molar-refractivity contribution in [2.24, 2.45) is 5.92 Å². The molecule has 4 heteroatoms. The zero-order chi connectivity index (χ0) is 11.7. The lowest BCUT2D eigenvalue weighted by atomic mass is 10.0. The second-order valence-corrected chi connectivity index (χ2v) is 5.88. The van der Waals surface area contributed by atoms with Crippen LogP contribution >= 0.6 is 23.4 Å². The molecule has 0 radical (unpaired) electrons. The van der Waals surface area contributed by atoms with Crippen LogP contribution in [0.4, 0.5) is 0 Å². The average Bonchev–Trinajstić information content (AvgIpc) is 2.61. The van der Waals surface area contributed by atoms with Gasteiger partial charge in [0.1, 0.15) is 0 Å². The molecule has 1 aromatic carbocycles. The maximum absolute atomic E-state index is 10.8. The Morgan fingerprint density at radius 1 is 1.69 bits per heavy atom. The second kappa shape index (κ2) is 4.68. The number of hydrogen-bond acceptors (Lipinski definition) is 2. The number of carbonyl (C=O) groups is 1. The average molecular weight is 257 g/mol. The van der Waals surface area contributed by atoms with Gasteiger partial charge in [-0.15, -0.1) is 11.8 Å². The van der Waals surface area contributed by atoms with Crippen molar-refractivity contribution in [1.29, 1.82) is 0 Å². The Hall–Kier alpha value is -0.670. The van der Waals surface area contributed by atoms with E-state index in [0.29, 0.717) is 11.7 Å². The Bertz CT molecular complexity index is 419. The molecule has 0 aromatic heterocycles. The molecule has 2 atom stereocenters. The smallest absolute Gasteiger partial charge is 0.306 e. The van der Waals surface area contributed by atoms with Crippen LogP contribution in [0.1, 0.15) is 18.9 Å². The molecule has 1 aliphatic rings. The van der Waals surface area contributed by atoms with E-state index in [4.69, 9.17) is 16.7 Å². The summed E-state index contributed by atoms with van der Waals surface area (Å²) in [5.74, 6) is -1.01. The van der Waals surface area contributed by atoms with Gasteiger partial charge in [0, 0.05) is 15.2 Å². The Kier molecular flexibility index (Phi) is 3.45. The summed E-state index contributed by atoms with van der Waals surface area (Å²) in [7, 11) is 0. The van der Waals surface area contributed by atoms with Crippen LogP contribution < -0.4 is 0 Å². The number of halogens is 1. The van der Waals surface area contributed by atoms with Crippen LogP contribution in [0.2, 0.25) is 5.02 Å². The van der Waals surface area contributed by atoms with Gasteiger partial charge in [0.25, 0.3) is 0 Å². The molecule has 2 rings (SSSR count). The van der Waals surface area contributed by atoms with E-state index in [1.165, 1.54) is 10.5 Å². The first-order valence-electron chi connectivity index (χ1n) is 5.24. The third-order valence-electron chi connectivity index (χ3n) is 2.84. The number of thioether (sulfide) groups is 1. The van der Waals surface area contributed by atoms with Gasteiger partial charge in [0.2, 0.25) is 0 Å². The predicted octanol–water partition coefficient (Wildman–Crippen LogP) is 3.47. The molecule has 1 N–H and O–H groups in total. The zero-order valence-electron chi connectivity index (χ0n) is 8.94. The van der Waals surface area contributed by atoms with E-state index in [1.54, 1.807) is 18.7 Å². The predicted molar refractivity (Wildman–Crippen MR) is 66.2 cm³/mol. The molecule has 1 aromatic rings. The molecule has 16 heavy (non-hydrogen) atoms. The van der Waals surface area contributed by atoms with Gasteiger partial charge in [-0.2, -0.15) is 0 Å². The molecule has 0 spiro atoms. The van der Waals surface area contributed by atoms with Gasteiger partial charge >= 0.3 is 5.97 Å². The van der Waals surface area contributed by atoms with E-state index >= 15 is 0 Å². The van der Waals surface area contributed by atoms with Crippen LogP contribution in [0.15, 0.2) is 23.1 Å². The number of carboxylic acid groups (broad SMARTS) is 1. The minimum Gasteiger partial charge on any atom is -0.481 e. The number of aliphatic carboxylic acids is 1. The van der Waals surface area contributed by atoms with E-state index in [9.17, 15) is 4.79 Å². The van der Waals surface area contributed by atoms with Gasteiger partial charge in [-0.1, -0.05) is 24.6 Å². The lowest BCUT2D eigenvalue weighted by molar-refractivity contribution is -0.141. The molecule has 1 heterocycles. The lowest BCUT2D eigenvalue weighted by Crippen LogP contribution is -2.15. The van der Waals surface area contributed by atoms with E-state index < -0.39 is 5.97 Å². The van der Waals surface area contributed by atoms with Gasteiger partial charge in [0.05, 0.1) is 5.92 Å². The van der Waals surface area contributed by atoms with Crippen LogP contribution in [0.25, 0.3) is 0 Å². The first-order chi connectivity index (χ1) is 7.58. The summed E-state index contributed by atoms with van der Waals surface area (Å²) in [6.07, 6.45) is 1.59. The third kappa shape index (κ3) is 2.36. The molecule has 2 unspecified atom stereocenters. The number of hydrogen-bond donors (Lipinski definition) is 1. The highest BCUT2D eigenvalue weighted by atomic mass is 35.5. The van der Waals surface area contributed by atoms with Gasteiger partial charge in [-0.25, -0.2) is 0 Å². The highest BCUT2D eigenvalue weighted by molar-refractivity contribution is 8.00. The maximum atomic E-state index is 10.8. The Balaban J connectivity index is 2.06. The summed E-state index contributed by atoms with van der Waals surface area (Å²) in [6, 6.07) is 5.89. The van der Waals surface area contributed by atoms with Crippen molar-refractivity contribution in [2.75, 3.05) is 0 Å². The van der Waals surface area contributed by atoms with Crippen LogP contribution in [0.5, 0.6) is 0 Å². The molecule has 86 valence electrons. The quantitative estimate of drug-likeness (QED) is 0.900. The van der Waals surface area contributed by atoms with Crippen molar-refractivity contribution < 1.29 is 9.90 Å². The van der Waals surface area contributed by atoms with Crippen molar-refractivity contribution >= 4 is 29.3 Å². The molecule has 0 saturated carbocycles. The summed E-state index contributed by atoms with van der Waals surface area (Å²) < 4.78 is 0.